The van der Waals surface area contributed by atoms with Crippen LogP contribution in [-0.2, 0) is 0 Å². The van der Waals surface area contributed by atoms with E-state index in [9.17, 15) is 0 Å². The van der Waals surface area contributed by atoms with Crippen LogP contribution >= 0.6 is 0 Å². The topological polar surface area (TPSA) is 44.8 Å². The van der Waals surface area contributed by atoms with E-state index >= 15 is 0 Å². The first-order chi connectivity index (χ1) is 5.86. The SMILES string of the molecule is CN1CC=C(c2cn[nH]n2)CC1. The summed E-state index contributed by atoms with van der Waals surface area (Å²) < 4.78 is 0. The Kier molecular flexibility index (Phi) is 1.91. The minimum absolute atomic E-state index is 0.989. The first-order valence-corrected chi connectivity index (χ1v) is 4.10. The molecule has 0 spiro atoms. The second kappa shape index (κ2) is 3.06. The van der Waals surface area contributed by atoms with E-state index in [1.807, 2.05) is 0 Å². The van der Waals surface area contributed by atoms with Crippen molar-refractivity contribution in [1.82, 2.24) is 20.3 Å². The summed E-state index contributed by atoms with van der Waals surface area (Å²) in [6, 6.07) is 0. The zero-order valence-electron chi connectivity index (χ0n) is 7.12. The number of H-pyrrole nitrogens is 1. The third-order valence-corrected chi connectivity index (χ3v) is 2.16. The van der Waals surface area contributed by atoms with Crippen LogP contribution in [0.4, 0.5) is 0 Å². The van der Waals surface area contributed by atoms with E-state index in [0.717, 1.165) is 25.2 Å². The van der Waals surface area contributed by atoms with E-state index in [4.69, 9.17) is 0 Å². The van der Waals surface area contributed by atoms with Crippen LogP contribution in [0, 0.1) is 0 Å². The molecule has 1 aliphatic heterocycles. The largest absolute Gasteiger partial charge is 0.302 e. The van der Waals surface area contributed by atoms with Crippen molar-refractivity contribution in [3.05, 3.63) is 18.0 Å². The molecule has 0 unspecified atom stereocenters. The standard InChI is InChI=1S/C8H12N4/c1-12-4-2-7(3-5-12)8-6-9-11-10-8/h2,6H,3-5H2,1H3,(H,9,10,11). The van der Waals surface area contributed by atoms with Gasteiger partial charge in [0.1, 0.15) is 5.69 Å². The first-order valence-electron chi connectivity index (χ1n) is 4.10. The lowest BCUT2D eigenvalue weighted by atomic mass is 10.1. The fourth-order valence-corrected chi connectivity index (χ4v) is 1.36. The zero-order valence-corrected chi connectivity index (χ0v) is 7.12. The van der Waals surface area contributed by atoms with Gasteiger partial charge in [-0.3, -0.25) is 0 Å². The molecule has 0 radical (unpaired) electrons. The Morgan fingerprint density at radius 1 is 1.58 bits per heavy atom. The summed E-state index contributed by atoms with van der Waals surface area (Å²) in [5.41, 5.74) is 2.30. The van der Waals surface area contributed by atoms with Crippen LogP contribution < -0.4 is 0 Å². The van der Waals surface area contributed by atoms with Crippen molar-refractivity contribution < 1.29 is 0 Å². The lowest BCUT2D eigenvalue weighted by Gasteiger charge is -2.20. The minimum atomic E-state index is 0.989. The Labute approximate surface area is 71.3 Å². The van der Waals surface area contributed by atoms with Crippen LogP contribution in [0.2, 0.25) is 0 Å². The highest BCUT2D eigenvalue weighted by Crippen LogP contribution is 2.18. The molecule has 2 heterocycles. The second-order valence-corrected chi connectivity index (χ2v) is 3.10. The summed E-state index contributed by atoms with van der Waals surface area (Å²) >= 11 is 0. The van der Waals surface area contributed by atoms with E-state index in [1.165, 1.54) is 5.57 Å². The summed E-state index contributed by atoms with van der Waals surface area (Å²) in [5.74, 6) is 0. The Hall–Kier alpha value is -1.16. The summed E-state index contributed by atoms with van der Waals surface area (Å²) in [4.78, 5) is 2.28. The summed E-state index contributed by atoms with van der Waals surface area (Å²) in [6.07, 6.45) is 5.06. The number of aromatic nitrogens is 3. The van der Waals surface area contributed by atoms with Gasteiger partial charge in [-0.25, -0.2) is 0 Å². The van der Waals surface area contributed by atoms with Crippen LogP contribution in [0.3, 0.4) is 0 Å². The van der Waals surface area contributed by atoms with Crippen LogP contribution in [0.5, 0.6) is 0 Å². The number of likely N-dealkylation sites (N-methyl/N-ethyl adjacent to an activating group) is 1. The predicted molar refractivity (Wildman–Crippen MR) is 46.5 cm³/mol. The maximum atomic E-state index is 4.04. The fraction of sp³-hybridized carbons (Fsp3) is 0.500. The maximum Gasteiger partial charge on any atom is 0.108 e. The highest BCUT2D eigenvalue weighted by atomic mass is 15.3. The molecule has 64 valence electrons. The molecular formula is C8H12N4. The molecule has 1 aliphatic rings. The number of rotatable bonds is 1. The molecule has 4 heteroatoms. The molecule has 2 rings (SSSR count). The van der Waals surface area contributed by atoms with Gasteiger partial charge in [-0.15, -0.1) is 0 Å². The number of hydrogen-bond acceptors (Lipinski definition) is 3. The predicted octanol–water partition coefficient (Wildman–Crippen LogP) is 0.524. The first kappa shape index (κ1) is 7.49. The smallest absolute Gasteiger partial charge is 0.108 e. The van der Waals surface area contributed by atoms with E-state index in [1.54, 1.807) is 6.20 Å². The average molecular weight is 164 g/mol. The molecule has 0 atom stereocenters. The molecule has 1 N–H and O–H groups in total. The molecule has 1 aromatic heterocycles. The van der Waals surface area contributed by atoms with Crippen molar-refractivity contribution in [3.63, 3.8) is 0 Å². The minimum Gasteiger partial charge on any atom is -0.302 e. The van der Waals surface area contributed by atoms with Crippen molar-refractivity contribution in [2.24, 2.45) is 0 Å². The molecule has 0 aliphatic carbocycles. The number of nitrogens with one attached hydrogen (secondary N) is 1. The zero-order chi connectivity index (χ0) is 8.39. The van der Waals surface area contributed by atoms with Gasteiger partial charge in [0, 0.05) is 13.1 Å². The maximum absolute atomic E-state index is 4.04. The van der Waals surface area contributed by atoms with Crippen LogP contribution in [0.25, 0.3) is 5.57 Å². The van der Waals surface area contributed by atoms with Gasteiger partial charge in [0.05, 0.1) is 6.20 Å². The molecule has 4 nitrogen and oxygen atoms in total. The summed E-state index contributed by atoms with van der Waals surface area (Å²) in [5, 5.41) is 10.5. The van der Waals surface area contributed by atoms with Gasteiger partial charge in [-0.1, -0.05) is 6.08 Å². The van der Waals surface area contributed by atoms with E-state index in [-0.39, 0.29) is 0 Å². The quantitative estimate of drug-likeness (QED) is 0.658. The molecule has 0 saturated carbocycles. The van der Waals surface area contributed by atoms with Crippen LogP contribution in [-0.4, -0.2) is 40.4 Å². The molecule has 0 amide bonds. The van der Waals surface area contributed by atoms with E-state index < -0.39 is 0 Å². The second-order valence-electron chi connectivity index (χ2n) is 3.10. The van der Waals surface area contributed by atoms with Crippen LogP contribution in [0.15, 0.2) is 12.3 Å². The lowest BCUT2D eigenvalue weighted by Crippen LogP contribution is -2.23. The number of hydrogen-bond donors (Lipinski definition) is 1. The molecule has 0 bridgehead atoms. The van der Waals surface area contributed by atoms with Gasteiger partial charge in [-0.05, 0) is 19.0 Å². The van der Waals surface area contributed by atoms with Crippen molar-refractivity contribution in [1.29, 1.82) is 0 Å². The molecular weight excluding hydrogens is 152 g/mol. The van der Waals surface area contributed by atoms with Crippen molar-refractivity contribution >= 4 is 5.57 Å². The van der Waals surface area contributed by atoms with Gasteiger partial charge >= 0.3 is 0 Å². The van der Waals surface area contributed by atoms with E-state index in [2.05, 4.69) is 33.4 Å². The lowest BCUT2D eigenvalue weighted by molar-refractivity contribution is 0.369. The highest BCUT2D eigenvalue weighted by molar-refractivity contribution is 5.62. The monoisotopic (exact) mass is 164 g/mol. The number of nitrogens with zero attached hydrogens (tertiary/aromatic N) is 3. The van der Waals surface area contributed by atoms with Crippen molar-refractivity contribution in [3.8, 4) is 0 Å². The Morgan fingerprint density at radius 3 is 3.08 bits per heavy atom. The Morgan fingerprint density at radius 2 is 2.50 bits per heavy atom. The van der Waals surface area contributed by atoms with Gasteiger partial charge in [0.15, 0.2) is 0 Å². The third kappa shape index (κ3) is 1.38. The van der Waals surface area contributed by atoms with Gasteiger partial charge in [0.2, 0.25) is 0 Å². The third-order valence-electron chi connectivity index (χ3n) is 2.16. The summed E-state index contributed by atoms with van der Waals surface area (Å²) in [6.45, 7) is 2.13. The summed E-state index contributed by atoms with van der Waals surface area (Å²) in [7, 11) is 2.12. The fourth-order valence-electron chi connectivity index (χ4n) is 1.36. The van der Waals surface area contributed by atoms with Gasteiger partial charge < -0.3 is 4.90 Å². The highest BCUT2D eigenvalue weighted by Gasteiger charge is 2.10. The van der Waals surface area contributed by atoms with Gasteiger partial charge in [0.25, 0.3) is 0 Å². The van der Waals surface area contributed by atoms with Crippen molar-refractivity contribution in [2.75, 3.05) is 20.1 Å². The Bertz CT molecular complexity index is 275. The van der Waals surface area contributed by atoms with Gasteiger partial charge in [-0.2, -0.15) is 15.4 Å². The molecule has 1 aromatic rings. The van der Waals surface area contributed by atoms with E-state index in [0.29, 0.717) is 0 Å². The molecule has 0 aromatic carbocycles. The molecule has 0 saturated heterocycles. The van der Waals surface area contributed by atoms with Crippen LogP contribution in [0.1, 0.15) is 12.1 Å². The molecule has 12 heavy (non-hydrogen) atoms. The average Bonchev–Trinajstić information content (AvgIpc) is 2.58. The molecule has 0 fully saturated rings. The Balaban J connectivity index is 2.16. The normalized spacial score (nSPS) is 19.2. The number of aromatic amines is 1. The van der Waals surface area contributed by atoms with Crippen molar-refractivity contribution in [2.45, 2.75) is 6.42 Å².